The number of hydrogen-bond donors (Lipinski definition) is 1. The summed E-state index contributed by atoms with van der Waals surface area (Å²) in [6.07, 6.45) is 0. The second-order valence-electron chi connectivity index (χ2n) is 3.92. The summed E-state index contributed by atoms with van der Waals surface area (Å²) in [5, 5.41) is 1.96. The minimum atomic E-state index is -0.399. The molecule has 0 aromatic carbocycles. The molecule has 0 bridgehead atoms. The Labute approximate surface area is 110 Å². The van der Waals surface area contributed by atoms with Crippen LogP contribution in [-0.4, -0.2) is 49.5 Å². The van der Waals surface area contributed by atoms with Crippen LogP contribution in [0.1, 0.15) is 4.88 Å². The van der Waals surface area contributed by atoms with Gasteiger partial charge in [-0.25, -0.2) is 10.3 Å². The summed E-state index contributed by atoms with van der Waals surface area (Å²) < 4.78 is 0. The third-order valence-electron chi connectivity index (χ3n) is 2.16. The first-order valence-corrected chi connectivity index (χ1v) is 6.24. The van der Waals surface area contributed by atoms with E-state index >= 15 is 0 Å². The molecule has 1 heterocycles. The molecule has 3 amide bonds. The number of nitrogens with one attached hydrogen (secondary N) is 1. The summed E-state index contributed by atoms with van der Waals surface area (Å²) >= 11 is 1.59. The number of thiophene rings is 1. The van der Waals surface area contributed by atoms with Crippen LogP contribution in [0.4, 0.5) is 4.79 Å². The molecule has 0 aliphatic rings. The molecule has 1 aromatic rings. The summed E-state index contributed by atoms with van der Waals surface area (Å²) in [4.78, 5) is 31.6. The Hall–Kier alpha value is -1.60. The van der Waals surface area contributed by atoms with Crippen LogP contribution < -0.4 is 5.48 Å². The summed E-state index contributed by atoms with van der Waals surface area (Å²) in [7, 11) is 4.87. The second-order valence-corrected chi connectivity index (χ2v) is 4.95. The highest BCUT2D eigenvalue weighted by atomic mass is 32.1. The lowest BCUT2D eigenvalue weighted by Crippen LogP contribution is -2.38. The molecule has 0 unspecified atom stereocenters. The van der Waals surface area contributed by atoms with Gasteiger partial charge in [0.2, 0.25) is 0 Å². The van der Waals surface area contributed by atoms with E-state index in [1.165, 1.54) is 4.90 Å². The first-order chi connectivity index (χ1) is 8.50. The monoisotopic (exact) mass is 271 g/mol. The Bertz CT molecular complexity index is 392. The van der Waals surface area contributed by atoms with Gasteiger partial charge in [-0.2, -0.15) is 0 Å². The Balaban J connectivity index is 2.26. The average Bonchev–Trinajstić information content (AvgIpc) is 2.81. The third-order valence-corrected chi connectivity index (χ3v) is 3.02. The van der Waals surface area contributed by atoms with Crippen LogP contribution in [0, 0.1) is 0 Å². The number of likely N-dealkylation sites (N-methyl/N-ethyl adjacent to an activating group) is 1. The van der Waals surface area contributed by atoms with Gasteiger partial charge in [0, 0.05) is 26.0 Å². The van der Waals surface area contributed by atoms with Crippen LogP contribution in [0.25, 0.3) is 0 Å². The van der Waals surface area contributed by atoms with E-state index in [9.17, 15) is 9.59 Å². The number of carbonyl (C=O) groups is 2. The van der Waals surface area contributed by atoms with Crippen molar-refractivity contribution in [2.75, 3.05) is 27.7 Å². The third kappa shape index (κ3) is 4.72. The van der Waals surface area contributed by atoms with Crippen LogP contribution >= 0.6 is 11.3 Å². The van der Waals surface area contributed by atoms with Gasteiger partial charge in [0.15, 0.2) is 6.61 Å². The van der Waals surface area contributed by atoms with Crippen molar-refractivity contribution in [1.82, 2.24) is 15.3 Å². The maximum Gasteiger partial charge on any atom is 0.340 e. The van der Waals surface area contributed by atoms with Crippen LogP contribution in [-0.2, 0) is 16.2 Å². The number of amides is 3. The molecule has 0 aliphatic carbocycles. The molecule has 0 atom stereocenters. The Morgan fingerprint density at radius 2 is 2.11 bits per heavy atom. The smallest absolute Gasteiger partial charge is 0.339 e. The number of hydrogen-bond acceptors (Lipinski definition) is 4. The lowest BCUT2D eigenvalue weighted by molar-refractivity contribution is -0.137. The number of urea groups is 1. The van der Waals surface area contributed by atoms with Gasteiger partial charge in [-0.3, -0.25) is 9.63 Å². The fourth-order valence-electron chi connectivity index (χ4n) is 1.09. The average molecular weight is 271 g/mol. The number of carbonyl (C=O) groups excluding carboxylic acids is 2. The molecule has 6 nitrogen and oxygen atoms in total. The second kappa shape index (κ2) is 6.97. The minimum absolute atomic E-state index is 0.179. The summed E-state index contributed by atoms with van der Waals surface area (Å²) in [6, 6.07) is 3.50. The van der Waals surface area contributed by atoms with Gasteiger partial charge in [-0.05, 0) is 11.4 Å². The predicted molar refractivity (Wildman–Crippen MR) is 69.0 cm³/mol. The molecule has 100 valence electrons. The van der Waals surface area contributed by atoms with E-state index in [0.29, 0.717) is 6.54 Å². The molecule has 0 radical (unpaired) electrons. The summed E-state index contributed by atoms with van der Waals surface area (Å²) in [5.41, 5.74) is 2.17. The molecule has 0 aliphatic heterocycles. The van der Waals surface area contributed by atoms with Gasteiger partial charge < -0.3 is 9.80 Å². The van der Waals surface area contributed by atoms with E-state index in [1.807, 2.05) is 17.5 Å². The Morgan fingerprint density at radius 1 is 1.39 bits per heavy atom. The maximum atomic E-state index is 11.7. The largest absolute Gasteiger partial charge is 0.340 e. The van der Waals surface area contributed by atoms with Crippen molar-refractivity contribution < 1.29 is 14.4 Å². The van der Waals surface area contributed by atoms with Crippen LogP contribution in [0.5, 0.6) is 0 Å². The first kappa shape index (κ1) is 14.5. The van der Waals surface area contributed by atoms with Gasteiger partial charge in [-0.15, -0.1) is 11.3 Å². The highest BCUT2D eigenvalue weighted by Crippen LogP contribution is 2.10. The topological polar surface area (TPSA) is 61.9 Å². The predicted octanol–water partition coefficient (Wildman–Crippen LogP) is 0.909. The van der Waals surface area contributed by atoms with Gasteiger partial charge in [0.1, 0.15) is 0 Å². The standard InChI is InChI=1S/C11H17N3O3S/c1-13(2)11(16)12-17-8-10(15)14(3)7-9-5-4-6-18-9/h4-6H,7-8H2,1-3H3,(H,12,16). The summed E-state index contributed by atoms with van der Waals surface area (Å²) in [5.74, 6) is -0.192. The number of rotatable bonds is 5. The van der Waals surface area contributed by atoms with E-state index in [-0.39, 0.29) is 12.5 Å². The molecule has 18 heavy (non-hydrogen) atoms. The van der Waals surface area contributed by atoms with Crippen LogP contribution in [0.3, 0.4) is 0 Å². The van der Waals surface area contributed by atoms with Crippen molar-refractivity contribution >= 4 is 23.3 Å². The molecule has 0 fully saturated rings. The molecule has 7 heteroatoms. The van der Waals surface area contributed by atoms with Crippen molar-refractivity contribution in [3.8, 4) is 0 Å². The van der Waals surface area contributed by atoms with Crippen molar-refractivity contribution in [3.05, 3.63) is 22.4 Å². The lowest BCUT2D eigenvalue weighted by Gasteiger charge is -2.17. The molecule has 1 N–H and O–H groups in total. The van der Waals surface area contributed by atoms with Crippen molar-refractivity contribution in [1.29, 1.82) is 0 Å². The zero-order valence-electron chi connectivity index (χ0n) is 10.7. The van der Waals surface area contributed by atoms with Crippen molar-refractivity contribution in [2.45, 2.75) is 6.54 Å². The molecule has 0 spiro atoms. The summed E-state index contributed by atoms with van der Waals surface area (Å²) in [6.45, 7) is 0.364. The molecule has 0 saturated heterocycles. The first-order valence-electron chi connectivity index (χ1n) is 5.36. The van der Waals surface area contributed by atoms with Crippen LogP contribution in [0.2, 0.25) is 0 Å². The molecular formula is C11H17N3O3S. The Morgan fingerprint density at radius 3 is 2.67 bits per heavy atom. The van der Waals surface area contributed by atoms with E-state index in [1.54, 1.807) is 37.4 Å². The lowest BCUT2D eigenvalue weighted by atomic mass is 10.4. The van der Waals surface area contributed by atoms with Gasteiger partial charge in [-0.1, -0.05) is 6.07 Å². The quantitative estimate of drug-likeness (QED) is 0.810. The van der Waals surface area contributed by atoms with Crippen molar-refractivity contribution in [3.63, 3.8) is 0 Å². The van der Waals surface area contributed by atoms with Crippen LogP contribution in [0.15, 0.2) is 17.5 Å². The minimum Gasteiger partial charge on any atom is -0.339 e. The van der Waals surface area contributed by atoms with E-state index in [4.69, 9.17) is 4.84 Å². The zero-order chi connectivity index (χ0) is 13.5. The number of hydroxylamine groups is 1. The highest BCUT2D eigenvalue weighted by molar-refractivity contribution is 7.09. The molecular weight excluding hydrogens is 254 g/mol. The Kier molecular flexibility index (Phi) is 5.60. The fourth-order valence-corrected chi connectivity index (χ4v) is 1.84. The van der Waals surface area contributed by atoms with E-state index < -0.39 is 6.03 Å². The highest BCUT2D eigenvalue weighted by Gasteiger charge is 2.11. The number of nitrogens with zero attached hydrogens (tertiary/aromatic N) is 2. The molecule has 1 aromatic heterocycles. The zero-order valence-corrected chi connectivity index (χ0v) is 11.5. The fraction of sp³-hybridized carbons (Fsp3) is 0.455. The normalized spacial score (nSPS) is 9.94. The van der Waals surface area contributed by atoms with Gasteiger partial charge in [0.25, 0.3) is 5.91 Å². The van der Waals surface area contributed by atoms with Gasteiger partial charge >= 0.3 is 6.03 Å². The molecule has 1 rings (SSSR count). The van der Waals surface area contributed by atoms with E-state index in [2.05, 4.69) is 5.48 Å². The molecule has 0 saturated carbocycles. The van der Waals surface area contributed by atoms with Gasteiger partial charge in [0.05, 0.1) is 6.54 Å². The maximum absolute atomic E-state index is 11.7. The van der Waals surface area contributed by atoms with Crippen molar-refractivity contribution in [2.24, 2.45) is 0 Å². The SMILES string of the molecule is CN(C)C(=O)NOCC(=O)N(C)Cc1cccs1. The van der Waals surface area contributed by atoms with E-state index in [0.717, 1.165) is 4.88 Å².